The number of aliphatic hydroxyl groups is 1. The number of rotatable bonds is 4. The van der Waals surface area contributed by atoms with Crippen molar-refractivity contribution in [3.63, 3.8) is 0 Å². The van der Waals surface area contributed by atoms with E-state index in [1.807, 2.05) is 6.92 Å². The minimum Gasteiger partial charge on any atom is -0.393 e. The van der Waals surface area contributed by atoms with E-state index in [-0.39, 0.29) is 29.7 Å². The molecule has 6 heteroatoms. The van der Waals surface area contributed by atoms with Crippen molar-refractivity contribution in [1.82, 2.24) is 10.6 Å². The monoisotopic (exact) mass is 337 g/mol. The molecule has 0 bridgehead atoms. The highest BCUT2D eigenvalue weighted by Gasteiger charge is 2.42. The predicted molar refractivity (Wildman–Crippen MR) is 90.0 cm³/mol. The molecule has 0 radical (unpaired) electrons. The van der Waals surface area contributed by atoms with Gasteiger partial charge in [0.1, 0.15) is 11.6 Å². The second kappa shape index (κ2) is 7.47. The molecule has 4 nitrogen and oxygen atoms in total. The number of nitrogens with one attached hydrogen (secondary N) is 2. The Morgan fingerprint density at radius 3 is 2.46 bits per heavy atom. The van der Waals surface area contributed by atoms with Crippen LogP contribution in [0.15, 0.2) is 23.2 Å². The van der Waals surface area contributed by atoms with Crippen LogP contribution in [-0.4, -0.2) is 35.8 Å². The molecule has 0 aromatic heterocycles. The molecule has 3 rings (SSSR count). The van der Waals surface area contributed by atoms with Crippen LogP contribution in [0.3, 0.4) is 0 Å². The van der Waals surface area contributed by atoms with Gasteiger partial charge in [-0.05, 0) is 51.2 Å². The Morgan fingerprint density at radius 1 is 1.17 bits per heavy atom. The van der Waals surface area contributed by atoms with Gasteiger partial charge in [-0.15, -0.1) is 0 Å². The summed E-state index contributed by atoms with van der Waals surface area (Å²) in [4.78, 5) is 4.43. The van der Waals surface area contributed by atoms with Crippen LogP contribution in [0, 0.1) is 11.6 Å². The average molecular weight is 337 g/mol. The molecule has 2 saturated carbocycles. The summed E-state index contributed by atoms with van der Waals surface area (Å²) in [5, 5.41) is 16.3. The number of halogens is 2. The van der Waals surface area contributed by atoms with E-state index in [0.717, 1.165) is 25.7 Å². The summed E-state index contributed by atoms with van der Waals surface area (Å²) in [5.74, 6) is -0.411. The Morgan fingerprint density at radius 2 is 1.83 bits per heavy atom. The molecule has 2 atom stereocenters. The van der Waals surface area contributed by atoms with Crippen molar-refractivity contribution < 1.29 is 13.9 Å². The lowest BCUT2D eigenvalue weighted by atomic mass is 9.93. The van der Waals surface area contributed by atoms with Crippen molar-refractivity contribution in [3.8, 4) is 0 Å². The summed E-state index contributed by atoms with van der Waals surface area (Å²) >= 11 is 0. The van der Waals surface area contributed by atoms with E-state index in [0.29, 0.717) is 18.9 Å². The van der Waals surface area contributed by atoms with Crippen LogP contribution in [-0.2, 0) is 0 Å². The summed E-state index contributed by atoms with van der Waals surface area (Å²) in [6.45, 7) is 2.59. The maximum absolute atomic E-state index is 13.9. The average Bonchev–Trinajstić information content (AvgIpc) is 3.28. The first-order valence-electron chi connectivity index (χ1n) is 8.78. The number of aliphatic hydroxyl groups excluding tert-OH is 1. The van der Waals surface area contributed by atoms with E-state index in [4.69, 9.17) is 0 Å². The van der Waals surface area contributed by atoms with Gasteiger partial charge in [0.15, 0.2) is 5.96 Å². The van der Waals surface area contributed by atoms with Crippen molar-refractivity contribution in [2.75, 3.05) is 6.54 Å². The van der Waals surface area contributed by atoms with Gasteiger partial charge in [-0.25, -0.2) is 8.78 Å². The van der Waals surface area contributed by atoms with E-state index >= 15 is 0 Å². The number of hydrogen-bond donors (Lipinski definition) is 3. The van der Waals surface area contributed by atoms with Crippen molar-refractivity contribution in [2.45, 2.75) is 63.1 Å². The second-order valence-corrected chi connectivity index (χ2v) is 6.70. The topological polar surface area (TPSA) is 56.7 Å². The second-order valence-electron chi connectivity index (χ2n) is 6.70. The Bertz CT molecular complexity index is 580. The van der Waals surface area contributed by atoms with Gasteiger partial charge in [-0.2, -0.15) is 0 Å². The lowest BCUT2D eigenvalue weighted by Crippen LogP contribution is -2.46. The molecule has 24 heavy (non-hydrogen) atoms. The summed E-state index contributed by atoms with van der Waals surface area (Å²) in [6.07, 6.45) is 3.90. The standard InChI is InChI=1S/C18H25F2N3O/c1-2-21-18(22-11-6-8-12(24)9-7-11)23-16-10-13(16)17-14(19)4-3-5-15(17)20/h3-5,11-13,16,24H,2,6-10H2,1H3,(H2,21,22,23). The molecule has 2 aliphatic rings. The third-order valence-electron chi connectivity index (χ3n) is 4.84. The van der Waals surface area contributed by atoms with Crippen molar-refractivity contribution in [3.05, 3.63) is 35.4 Å². The minimum atomic E-state index is -0.479. The van der Waals surface area contributed by atoms with Crippen molar-refractivity contribution in [1.29, 1.82) is 0 Å². The Labute approximate surface area is 141 Å². The zero-order chi connectivity index (χ0) is 17.1. The lowest BCUT2D eigenvalue weighted by Gasteiger charge is -2.27. The summed E-state index contributed by atoms with van der Waals surface area (Å²) in [6, 6.07) is 4.29. The van der Waals surface area contributed by atoms with Crippen molar-refractivity contribution in [2.24, 2.45) is 4.99 Å². The fourth-order valence-corrected chi connectivity index (χ4v) is 3.42. The summed E-state index contributed by atoms with van der Waals surface area (Å²) in [5.41, 5.74) is 0.173. The Hall–Kier alpha value is -1.69. The van der Waals surface area contributed by atoms with Crippen LogP contribution in [0.5, 0.6) is 0 Å². The molecule has 132 valence electrons. The summed E-state index contributed by atoms with van der Waals surface area (Å²) in [7, 11) is 0. The Kier molecular flexibility index (Phi) is 5.33. The smallest absolute Gasteiger partial charge is 0.191 e. The molecule has 2 fully saturated rings. The third kappa shape index (κ3) is 4.04. The first kappa shape index (κ1) is 17.1. The number of hydrogen-bond acceptors (Lipinski definition) is 2. The molecule has 0 saturated heterocycles. The van der Waals surface area contributed by atoms with Crippen LogP contribution < -0.4 is 10.6 Å². The van der Waals surface area contributed by atoms with Gasteiger partial charge in [0.25, 0.3) is 0 Å². The quantitative estimate of drug-likeness (QED) is 0.585. The molecule has 2 aliphatic carbocycles. The van der Waals surface area contributed by atoms with E-state index in [2.05, 4.69) is 15.6 Å². The van der Waals surface area contributed by atoms with Gasteiger partial charge in [-0.3, -0.25) is 4.99 Å². The maximum Gasteiger partial charge on any atom is 0.191 e. The molecule has 0 spiro atoms. The van der Waals surface area contributed by atoms with E-state index in [1.165, 1.54) is 18.2 Å². The van der Waals surface area contributed by atoms with E-state index in [1.54, 1.807) is 0 Å². The van der Waals surface area contributed by atoms with Gasteiger partial charge >= 0.3 is 0 Å². The van der Waals surface area contributed by atoms with Crippen LogP contribution in [0.25, 0.3) is 0 Å². The molecule has 2 unspecified atom stereocenters. The van der Waals surface area contributed by atoms with Gasteiger partial charge in [0, 0.05) is 30.1 Å². The lowest BCUT2D eigenvalue weighted by molar-refractivity contribution is 0.120. The molecule has 0 aliphatic heterocycles. The molecular formula is C18H25F2N3O. The van der Waals surface area contributed by atoms with Gasteiger partial charge in [0.05, 0.1) is 6.10 Å². The van der Waals surface area contributed by atoms with Crippen LogP contribution in [0.2, 0.25) is 0 Å². The van der Waals surface area contributed by atoms with E-state index in [9.17, 15) is 13.9 Å². The van der Waals surface area contributed by atoms with Crippen LogP contribution >= 0.6 is 0 Å². The minimum absolute atomic E-state index is 0.00313. The van der Waals surface area contributed by atoms with Gasteiger partial charge in [-0.1, -0.05) is 6.07 Å². The highest BCUT2D eigenvalue weighted by atomic mass is 19.1. The molecule has 3 N–H and O–H groups in total. The van der Waals surface area contributed by atoms with Crippen LogP contribution in [0.1, 0.15) is 50.5 Å². The molecular weight excluding hydrogens is 312 g/mol. The predicted octanol–water partition coefficient (Wildman–Crippen LogP) is 2.68. The third-order valence-corrected chi connectivity index (χ3v) is 4.84. The van der Waals surface area contributed by atoms with E-state index < -0.39 is 11.6 Å². The fourth-order valence-electron chi connectivity index (χ4n) is 3.42. The number of guanidine groups is 1. The zero-order valence-electron chi connectivity index (χ0n) is 13.9. The normalized spacial score (nSPS) is 30.1. The SMILES string of the molecule is CCN=C(NC1CCC(O)CC1)NC1CC1c1c(F)cccc1F. The molecule has 0 heterocycles. The number of benzene rings is 1. The molecule has 1 aromatic rings. The Balaban J connectivity index is 1.59. The highest BCUT2D eigenvalue weighted by molar-refractivity contribution is 5.81. The number of aliphatic imine (C=N–C) groups is 1. The summed E-state index contributed by atoms with van der Waals surface area (Å²) < 4.78 is 27.7. The van der Waals surface area contributed by atoms with Gasteiger partial charge < -0.3 is 15.7 Å². The first-order valence-corrected chi connectivity index (χ1v) is 8.78. The largest absolute Gasteiger partial charge is 0.393 e. The van der Waals surface area contributed by atoms with Crippen molar-refractivity contribution >= 4 is 5.96 Å². The zero-order valence-corrected chi connectivity index (χ0v) is 13.9. The number of nitrogens with zero attached hydrogens (tertiary/aromatic N) is 1. The fraction of sp³-hybridized carbons (Fsp3) is 0.611. The molecule has 0 amide bonds. The van der Waals surface area contributed by atoms with Gasteiger partial charge in [0.2, 0.25) is 0 Å². The van der Waals surface area contributed by atoms with Crippen LogP contribution in [0.4, 0.5) is 8.78 Å². The molecule has 1 aromatic carbocycles. The highest BCUT2D eigenvalue weighted by Crippen LogP contribution is 2.43. The maximum atomic E-state index is 13.9. The first-order chi connectivity index (χ1) is 11.6.